The van der Waals surface area contributed by atoms with E-state index in [-0.39, 0.29) is 5.56 Å². The predicted molar refractivity (Wildman–Crippen MR) is 91.5 cm³/mol. The Kier molecular flexibility index (Phi) is 4.28. The lowest BCUT2D eigenvalue weighted by Crippen LogP contribution is -2.45. The van der Waals surface area contributed by atoms with Gasteiger partial charge in [0.25, 0.3) is 5.56 Å². The van der Waals surface area contributed by atoms with Crippen LogP contribution < -0.4 is 16.6 Å². The summed E-state index contributed by atoms with van der Waals surface area (Å²) in [6.07, 6.45) is 0.989. The fourth-order valence-corrected chi connectivity index (χ4v) is 2.96. The topological polar surface area (TPSA) is 70.1 Å². The van der Waals surface area contributed by atoms with Crippen LogP contribution in [0.15, 0.2) is 33.9 Å². The molecule has 0 radical (unpaired) electrons. The smallest absolute Gasteiger partial charge is 0.334 e. The van der Waals surface area contributed by atoms with Crippen molar-refractivity contribution >= 4 is 17.4 Å². The summed E-state index contributed by atoms with van der Waals surface area (Å²) in [5, 5.41) is 3.76. The molecule has 0 fully saturated rings. The lowest BCUT2D eigenvalue weighted by molar-refractivity contribution is 0.200. The quantitative estimate of drug-likeness (QED) is 0.902. The van der Waals surface area contributed by atoms with Gasteiger partial charge in [-0.25, -0.2) is 9.36 Å². The van der Waals surface area contributed by atoms with Crippen LogP contribution >= 0.6 is 11.6 Å². The highest BCUT2D eigenvalue weighted by atomic mass is 35.5. The van der Waals surface area contributed by atoms with Gasteiger partial charge in [0.15, 0.2) is 0 Å². The zero-order valence-electron chi connectivity index (χ0n) is 13.1. The third kappa shape index (κ3) is 2.92. The average molecular weight is 335 g/mol. The van der Waals surface area contributed by atoms with E-state index in [0.29, 0.717) is 41.3 Å². The average Bonchev–Trinajstić information content (AvgIpc) is 2.54. The minimum Gasteiger partial charge on any atom is -0.358 e. The van der Waals surface area contributed by atoms with Crippen molar-refractivity contribution in [2.24, 2.45) is 0 Å². The van der Waals surface area contributed by atoms with Crippen LogP contribution in [0.4, 0.5) is 5.82 Å². The number of rotatable bonds is 3. The third-order valence-electron chi connectivity index (χ3n) is 4.30. The molecule has 0 saturated carbocycles. The van der Waals surface area contributed by atoms with Gasteiger partial charge in [-0.3, -0.25) is 14.7 Å². The van der Waals surface area contributed by atoms with E-state index in [9.17, 15) is 9.59 Å². The molecule has 0 aliphatic carbocycles. The van der Waals surface area contributed by atoms with Gasteiger partial charge in [0.1, 0.15) is 5.82 Å². The maximum Gasteiger partial charge on any atom is 0.334 e. The molecule has 0 spiro atoms. The van der Waals surface area contributed by atoms with Gasteiger partial charge in [-0.15, -0.1) is 0 Å². The van der Waals surface area contributed by atoms with E-state index in [1.165, 1.54) is 4.57 Å². The number of nitrogens with zero attached hydrogens (tertiary/aromatic N) is 2. The summed E-state index contributed by atoms with van der Waals surface area (Å²) in [7, 11) is 0. The fraction of sp³-hybridized carbons (Fsp3) is 0.375. The fourth-order valence-electron chi connectivity index (χ4n) is 2.77. The summed E-state index contributed by atoms with van der Waals surface area (Å²) in [5.74, 6) is 0.542. The first-order valence-corrected chi connectivity index (χ1v) is 8.01. The summed E-state index contributed by atoms with van der Waals surface area (Å²) in [5.41, 5.74) is 0.375. The van der Waals surface area contributed by atoms with Gasteiger partial charge in [0.05, 0.1) is 17.9 Å². The molecule has 1 aliphatic rings. The van der Waals surface area contributed by atoms with Crippen LogP contribution in [0, 0.1) is 0 Å². The van der Waals surface area contributed by atoms with Gasteiger partial charge >= 0.3 is 5.69 Å². The van der Waals surface area contributed by atoms with E-state index in [4.69, 9.17) is 11.6 Å². The summed E-state index contributed by atoms with van der Waals surface area (Å²) >= 11 is 6.03. The third-order valence-corrected chi connectivity index (χ3v) is 4.53. The van der Waals surface area contributed by atoms with E-state index in [1.54, 1.807) is 24.3 Å². The Hall–Kier alpha value is -2.05. The number of anilines is 1. The molecule has 1 aliphatic heterocycles. The van der Waals surface area contributed by atoms with Crippen LogP contribution in [-0.4, -0.2) is 27.2 Å². The molecule has 1 unspecified atom stereocenters. The normalized spacial score (nSPS) is 15.8. The molecular weight excluding hydrogens is 316 g/mol. The van der Waals surface area contributed by atoms with Gasteiger partial charge in [-0.1, -0.05) is 24.6 Å². The Morgan fingerprint density at radius 2 is 2.13 bits per heavy atom. The first-order valence-electron chi connectivity index (χ1n) is 7.63. The molecule has 2 aromatic rings. The van der Waals surface area contributed by atoms with Gasteiger partial charge in [-0.2, -0.15) is 0 Å². The highest BCUT2D eigenvalue weighted by molar-refractivity contribution is 6.30. The molecule has 6 nitrogen and oxygen atoms in total. The number of aromatic nitrogens is 2. The summed E-state index contributed by atoms with van der Waals surface area (Å²) in [6.45, 7) is 5.32. The number of benzene rings is 1. The minimum absolute atomic E-state index is 0.344. The lowest BCUT2D eigenvalue weighted by atomic mass is 10.1. The number of hydrogen-bond donors (Lipinski definition) is 2. The van der Waals surface area contributed by atoms with Crippen molar-refractivity contribution in [3.63, 3.8) is 0 Å². The van der Waals surface area contributed by atoms with Gasteiger partial charge in [0, 0.05) is 17.6 Å². The van der Waals surface area contributed by atoms with Gasteiger partial charge in [-0.05, 0) is 31.5 Å². The van der Waals surface area contributed by atoms with Crippen LogP contribution in [0.1, 0.15) is 25.8 Å². The Bertz CT molecular complexity index is 843. The van der Waals surface area contributed by atoms with Gasteiger partial charge < -0.3 is 5.32 Å². The second-order valence-electron chi connectivity index (χ2n) is 5.74. The Morgan fingerprint density at radius 3 is 2.83 bits per heavy atom. The van der Waals surface area contributed by atoms with Crippen molar-refractivity contribution < 1.29 is 0 Å². The summed E-state index contributed by atoms with van der Waals surface area (Å²) in [4.78, 5) is 29.1. The first-order chi connectivity index (χ1) is 11.0. The number of halogens is 1. The van der Waals surface area contributed by atoms with Crippen LogP contribution in [0.2, 0.25) is 5.02 Å². The standard InChI is InChI=1S/C16H19ClN4O2/c1-3-10(2)20-8-13-14(18-9-20)21(16(23)19-15(13)22)12-6-4-5-11(17)7-12/h4-7,10,18H,3,8-9H2,1-2H3,(H,19,22,23). The van der Waals surface area contributed by atoms with Crippen molar-refractivity contribution in [3.8, 4) is 5.69 Å². The molecule has 1 atom stereocenters. The zero-order chi connectivity index (χ0) is 16.6. The van der Waals surface area contributed by atoms with Gasteiger partial charge in [0.2, 0.25) is 0 Å². The molecule has 0 saturated heterocycles. The molecule has 23 heavy (non-hydrogen) atoms. The second kappa shape index (κ2) is 6.22. The highest BCUT2D eigenvalue weighted by Crippen LogP contribution is 2.23. The molecule has 0 bridgehead atoms. The van der Waals surface area contributed by atoms with Crippen molar-refractivity contribution in [1.29, 1.82) is 0 Å². The van der Waals surface area contributed by atoms with Crippen LogP contribution in [-0.2, 0) is 6.54 Å². The Morgan fingerprint density at radius 1 is 1.35 bits per heavy atom. The maximum absolute atomic E-state index is 12.3. The Labute approximate surface area is 138 Å². The molecular formula is C16H19ClN4O2. The molecule has 1 aromatic heterocycles. The maximum atomic E-state index is 12.3. The summed E-state index contributed by atoms with van der Waals surface area (Å²) < 4.78 is 1.47. The van der Waals surface area contributed by atoms with E-state index in [0.717, 1.165) is 6.42 Å². The predicted octanol–water partition coefficient (Wildman–Crippen LogP) is 2.16. The number of aromatic amines is 1. The minimum atomic E-state index is -0.472. The van der Waals surface area contributed by atoms with Crippen molar-refractivity contribution in [3.05, 3.63) is 55.7 Å². The van der Waals surface area contributed by atoms with E-state index >= 15 is 0 Å². The molecule has 2 N–H and O–H groups in total. The van der Waals surface area contributed by atoms with Crippen LogP contribution in [0.5, 0.6) is 0 Å². The molecule has 1 aromatic carbocycles. The Balaban J connectivity index is 2.14. The zero-order valence-corrected chi connectivity index (χ0v) is 13.9. The van der Waals surface area contributed by atoms with E-state index in [2.05, 4.69) is 29.0 Å². The lowest BCUT2D eigenvalue weighted by Gasteiger charge is -2.34. The van der Waals surface area contributed by atoms with Crippen molar-refractivity contribution in [2.45, 2.75) is 32.9 Å². The molecule has 3 rings (SSSR count). The number of nitrogens with one attached hydrogen (secondary N) is 2. The molecule has 122 valence electrons. The second-order valence-corrected chi connectivity index (χ2v) is 6.18. The number of H-pyrrole nitrogens is 1. The van der Waals surface area contributed by atoms with Crippen molar-refractivity contribution in [2.75, 3.05) is 12.0 Å². The first kappa shape index (κ1) is 15.8. The SMILES string of the molecule is CCC(C)N1CNc2c(c(=O)[nH]c(=O)n2-c2cccc(Cl)c2)C1. The highest BCUT2D eigenvalue weighted by Gasteiger charge is 2.25. The van der Waals surface area contributed by atoms with Crippen LogP contribution in [0.3, 0.4) is 0 Å². The summed E-state index contributed by atoms with van der Waals surface area (Å²) in [6, 6.07) is 7.35. The number of hydrogen-bond acceptors (Lipinski definition) is 4. The van der Waals surface area contributed by atoms with E-state index in [1.807, 2.05) is 0 Å². The van der Waals surface area contributed by atoms with Crippen molar-refractivity contribution in [1.82, 2.24) is 14.5 Å². The monoisotopic (exact) mass is 334 g/mol. The van der Waals surface area contributed by atoms with Crippen LogP contribution in [0.25, 0.3) is 5.69 Å². The number of fused-ring (bicyclic) bond motifs is 1. The molecule has 0 amide bonds. The molecule has 2 heterocycles. The largest absolute Gasteiger partial charge is 0.358 e. The van der Waals surface area contributed by atoms with E-state index < -0.39 is 5.69 Å². The molecule has 7 heteroatoms.